The van der Waals surface area contributed by atoms with Crippen LogP contribution >= 0.6 is 0 Å². The molecule has 27 heavy (non-hydrogen) atoms. The van der Waals surface area contributed by atoms with Crippen molar-refractivity contribution in [2.75, 3.05) is 4.90 Å². The van der Waals surface area contributed by atoms with E-state index in [9.17, 15) is 14.0 Å². The number of carbonyl (C=O) groups excluding carboxylic acids is 2. The van der Waals surface area contributed by atoms with Crippen LogP contribution in [0.15, 0.2) is 48.8 Å². The molecule has 4 rings (SSSR count). The van der Waals surface area contributed by atoms with Crippen molar-refractivity contribution < 1.29 is 14.0 Å². The highest BCUT2D eigenvalue weighted by Gasteiger charge is 2.42. The molecule has 3 heterocycles. The second-order valence-corrected chi connectivity index (χ2v) is 6.23. The average Bonchev–Trinajstić information content (AvgIpc) is 3.11. The Bertz CT molecular complexity index is 1030. The van der Waals surface area contributed by atoms with Crippen molar-refractivity contribution in [1.82, 2.24) is 20.1 Å². The molecule has 1 aliphatic heterocycles. The Labute approximate surface area is 154 Å². The van der Waals surface area contributed by atoms with Gasteiger partial charge in [0.05, 0.1) is 17.1 Å². The van der Waals surface area contributed by atoms with Crippen LogP contribution in [0.2, 0.25) is 0 Å². The molecule has 3 amide bonds. The maximum atomic E-state index is 13.2. The lowest BCUT2D eigenvalue weighted by atomic mass is 10.0. The SMILES string of the molecule is Cc1nn(-c2ccc(F)cc2)c(C)c1[C@H]1NC(=O)N(c2ccncc2)C1=O. The van der Waals surface area contributed by atoms with Gasteiger partial charge in [0.1, 0.15) is 11.9 Å². The average molecular weight is 365 g/mol. The number of aryl methyl sites for hydroxylation is 1. The van der Waals surface area contributed by atoms with Crippen molar-refractivity contribution in [3.05, 3.63) is 71.6 Å². The minimum Gasteiger partial charge on any atom is -0.321 e. The number of pyridine rings is 1. The third kappa shape index (κ3) is 2.75. The van der Waals surface area contributed by atoms with Crippen molar-refractivity contribution in [1.29, 1.82) is 0 Å². The number of nitrogens with zero attached hydrogens (tertiary/aromatic N) is 4. The van der Waals surface area contributed by atoms with Crippen LogP contribution < -0.4 is 10.2 Å². The monoisotopic (exact) mass is 365 g/mol. The lowest BCUT2D eigenvalue weighted by Crippen LogP contribution is -2.30. The van der Waals surface area contributed by atoms with Gasteiger partial charge >= 0.3 is 6.03 Å². The summed E-state index contributed by atoms with van der Waals surface area (Å²) in [5.41, 5.74) is 3.08. The summed E-state index contributed by atoms with van der Waals surface area (Å²) < 4.78 is 14.8. The number of imide groups is 1. The van der Waals surface area contributed by atoms with Gasteiger partial charge < -0.3 is 5.32 Å². The number of carbonyl (C=O) groups is 2. The Morgan fingerprint density at radius 3 is 2.33 bits per heavy atom. The molecule has 1 aromatic carbocycles. The summed E-state index contributed by atoms with van der Waals surface area (Å²) in [6.07, 6.45) is 3.04. The highest BCUT2D eigenvalue weighted by molar-refractivity contribution is 6.21. The molecule has 1 aliphatic rings. The Hall–Kier alpha value is -3.55. The number of nitrogens with one attached hydrogen (secondary N) is 1. The number of urea groups is 1. The predicted molar refractivity (Wildman–Crippen MR) is 96.0 cm³/mol. The zero-order valence-electron chi connectivity index (χ0n) is 14.7. The number of hydrogen-bond acceptors (Lipinski definition) is 4. The minimum atomic E-state index is -0.833. The molecule has 0 aliphatic carbocycles. The van der Waals surface area contributed by atoms with E-state index in [-0.39, 0.29) is 11.7 Å². The van der Waals surface area contributed by atoms with Gasteiger partial charge in [-0.15, -0.1) is 0 Å². The summed E-state index contributed by atoms with van der Waals surface area (Å²) in [6.45, 7) is 3.59. The number of halogens is 1. The Kier molecular flexibility index (Phi) is 3.95. The first kappa shape index (κ1) is 16.9. The van der Waals surface area contributed by atoms with E-state index < -0.39 is 12.1 Å². The Morgan fingerprint density at radius 1 is 1.00 bits per heavy atom. The molecular weight excluding hydrogens is 349 g/mol. The zero-order valence-corrected chi connectivity index (χ0v) is 14.7. The van der Waals surface area contributed by atoms with Crippen LogP contribution in [0.3, 0.4) is 0 Å². The quantitative estimate of drug-likeness (QED) is 0.724. The fraction of sp³-hybridized carbons (Fsp3) is 0.158. The lowest BCUT2D eigenvalue weighted by molar-refractivity contribution is -0.118. The number of benzene rings is 1. The van der Waals surface area contributed by atoms with Crippen molar-refractivity contribution in [3.63, 3.8) is 0 Å². The number of hydrogen-bond donors (Lipinski definition) is 1. The van der Waals surface area contributed by atoms with Crippen molar-refractivity contribution >= 4 is 17.6 Å². The summed E-state index contributed by atoms with van der Waals surface area (Å²) in [6, 6.07) is 7.78. The van der Waals surface area contributed by atoms with Crippen LogP contribution in [-0.2, 0) is 4.79 Å². The molecule has 8 heteroatoms. The Balaban J connectivity index is 1.73. The molecule has 7 nitrogen and oxygen atoms in total. The second-order valence-electron chi connectivity index (χ2n) is 6.23. The van der Waals surface area contributed by atoms with E-state index in [0.717, 1.165) is 4.90 Å². The third-order valence-electron chi connectivity index (χ3n) is 4.57. The van der Waals surface area contributed by atoms with Gasteiger partial charge in [-0.05, 0) is 50.2 Å². The van der Waals surface area contributed by atoms with E-state index in [1.54, 1.807) is 35.9 Å². The first-order chi connectivity index (χ1) is 13.0. The summed E-state index contributed by atoms with van der Waals surface area (Å²) in [5, 5.41) is 7.20. The number of aromatic nitrogens is 3. The first-order valence-electron chi connectivity index (χ1n) is 8.34. The third-order valence-corrected chi connectivity index (χ3v) is 4.57. The summed E-state index contributed by atoms with van der Waals surface area (Å²) >= 11 is 0. The molecule has 1 atom stereocenters. The molecule has 0 spiro atoms. The fourth-order valence-electron chi connectivity index (χ4n) is 3.32. The topological polar surface area (TPSA) is 80.1 Å². The molecule has 1 fully saturated rings. The van der Waals surface area contributed by atoms with E-state index in [4.69, 9.17) is 0 Å². The van der Waals surface area contributed by atoms with Gasteiger partial charge in [-0.2, -0.15) is 5.10 Å². The van der Waals surface area contributed by atoms with Crippen LogP contribution in [0, 0.1) is 19.7 Å². The van der Waals surface area contributed by atoms with E-state index in [1.165, 1.54) is 24.5 Å². The maximum absolute atomic E-state index is 13.2. The van der Waals surface area contributed by atoms with E-state index >= 15 is 0 Å². The number of rotatable bonds is 3. The van der Waals surface area contributed by atoms with Crippen LogP contribution in [0.4, 0.5) is 14.9 Å². The standard InChI is InChI=1S/C19H16FN5O2/c1-11-16(12(2)25(23-11)15-5-3-13(20)4-6-15)17-18(26)24(19(27)22-17)14-7-9-21-10-8-14/h3-10,17H,1-2H3,(H,22,27)/t17-/m1/s1. The van der Waals surface area contributed by atoms with Gasteiger partial charge in [-0.3, -0.25) is 9.78 Å². The number of amides is 3. The fourth-order valence-corrected chi connectivity index (χ4v) is 3.32. The smallest absolute Gasteiger partial charge is 0.321 e. The molecule has 3 aromatic rings. The normalized spacial score (nSPS) is 16.7. The van der Waals surface area contributed by atoms with Gasteiger partial charge in [0.15, 0.2) is 0 Å². The molecule has 136 valence electrons. The lowest BCUT2D eigenvalue weighted by Gasteiger charge is -2.13. The van der Waals surface area contributed by atoms with Gasteiger partial charge in [-0.1, -0.05) is 0 Å². The highest BCUT2D eigenvalue weighted by atomic mass is 19.1. The predicted octanol–water partition coefficient (Wildman–Crippen LogP) is 2.82. The number of anilines is 1. The highest BCUT2D eigenvalue weighted by Crippen LogP contribution is 2.31. The molecule has 2 aromatic heterocycles. The van der Waals surface area contributed by atoms with Crippen molar-refractivity contribution in [2.45, 2.75) is 19.9 Å². The Morgan fingerprint density at radius 2 is 1.67 bits per heavy atom. The van der Waals surface area contributed by atoms with Gasteiger partial charge in [0.25, 0.3) is 5.91 Å². The first-order valence-corrected chi connectivity index (χ1v) is 8.34. The van der Waals surface area contributed by atoms with Crippen LogP contribution in [0.5, 0.6) is 0 Å². The zero-order chi connectivity index (χ0) is 19.1. The van der Waals surface area contributed by atoms with E-state index in [2.05, 4.69) is 15.4 Å². The van der Waals surface area contributed by atoms with E-state index in [0.29, 0.717) is 28.3 Å². The minimum absolute atomic E-state index is 0.341. The van der Waals surface area contributed by atoms with Crippen molar-refractivity contribution in [2.24, 2.45) is 0 Å². The van der Waals surface area contributed by atoms with Gasteiger partial charge in [0, 0.05) is 23.7 Å². The van der Waals surface area contributed by atoms with E-state index in [1.807, 2.05) is 6.92 Å². The van der Waals surface area contributed by atoms with Crippen LogP contribution in [0.1, 0.15) is 23.0 Å². The van der Waals surface area contributed by atoms with Crippen LogP contribution in [0.25, 0.3) is 5.69 Å². The molecule has 1 saturated heterocycles. The van der Waals surface area contributed by atoms with Gasteiger partial charge in [-0.25, -0.2) is 18.8 Å². The molecule has 1 N–H and O–H groups in total. The van der Waals surface area contributed by atoms with Crippen molar-refractivity contribution in [3.8, 4) is 5.69 Å². The van der Waals surface area contributed by atoms with Crippen LogP contribution in [-0.4, -0.2) is 26.7 Å². The molecular formula is C19H16FN5O2. The van der Waals surface area contributed by atoms with Gasteiger partial charge in [0.2, 0.25) is 0 Å². The molecule has 0 bridgehead atoms. The largest absolute Gasteiger partial charge is 0.329 e. The summed E-state index contributed by atoms with van der Waals surface area (Å²) in [5.74, 6) is -0.720. The summed E-state index contributed by atoms with van der Waals surface area (Å²) in [4.78, 5) is 30.4. The second kappa shape index (κ2) is 6.31. The molecule has 0 saturated carbocycles. The summed E-state index contributed by atoms with van der Waals surface area (Å²) in [7, 11) is 0. The maximum Gasteiger partial charge on any atom is 0.329 e. The molecule has 0 radical (unpaired) electrons. The molecule has 0 unspecified atom stereocenters.